The number of rotatable bonds is 8. The molecule has 7 heteroatoms. The number of nitrogens with zero attached hydrogens (tertiary/aromatic N) is 1. The Hall–Kier alpha value is -3.61. The van der Waals surface area contributed by atoms with Crippen molar-refractivity contribution in [3.63, 3.8) is 0 Å². The average Bonchev–Trinajstić information content (AvgIpc) is 3.09. The molecule has 0 aliphatic rings. The number of hydrogen-bond donors (Lipinski definition) is 2. The van der Waals surface area contributed by atoms with E-state index in [1.165, 1.54) is 0 Å². The van der Waals surface area contributed by atoms with Crippen molar-refractivity contribution in [2.45, 2.75) is 39.3 Å². The van der Waals surface area contributed by atoms with Gasteiger partial charge in [0.2, 0.25) is 0 Å². The second kappa shape index (κ2) is 9.26. The summed E-state index contributed by atoms with van der Waals surface area (Å²) in [6, 6.07) is 15.5. The van der Waals surface area contributed by atoms with E-state index in [-0.39, 0.29) is 18.1 Å². The number of aliphatic carboxylic acids is 1. The number of amides is 1. The minimum atomic E-state index is -1.02. The second-order valence-electron chi connectivity index (χ2n) is 7.19. The summed E-state index contributed by atoms with van der Waals surface area (Å²) in [4.78, 5) is 24.5. The quantitative estimate of drug-likeness (QED) is 0.573. The Kier molecular flexibility index (Phi) is 6.51. The van der Waals surface area contributed by atoms with Crippen LogP contribution >= 0.6 is 0 Å². The van der Waals surface area contributed by atoms with Gasteiger partial charge in [-0.3, -0.25) is 9.59 Å². The lowest BCUT2D eigenvalue weighted by atomic mass is 10.0. The summed E-state index contributed by atoms with van der Waals surface area (Å²) in [7, 11) is 0. The Morgan fingerprint density at radius 1 is 1.10 bits per heavy atom. The van der Waals surface area contributed by atoms with Crippen LogP contribution in [0.2, 0.25) is 0 Å². The summed E-state index contributed by atoms with van der Waals surface area (Å²) in [6.07, 6.45) is -0.237. The van der Waals surface area contributed by atoms with Crippen LogP contribution < -0.4 is 10.1 Å². The Morgan fingerprint density at radius 2 is 1.77 bits per heavy atom. The van der Waals surface area contributed by atoms with Crippen molar-refractivity contribution in [3.8, 4) is 17.0 Å². The maximum atomic E-state index is 13.1. The normalized spacial score (nSPS) is 11.9. The van der Waals surface area contributed by atoms with E-state index in [0.717, 1.165) is 5.56 Å². The molecular weight excluding hydrogens is 384 g/mol. The van der Waals surface area contributed by atoms with Crippen LogP contribution in [0.15, 0.2) is 59.1 Å². The van der Waals surface area contributed by atoms with Gasteiger partial charge in [0.25, 0.3) is 5.91 Å². The highest BCUT2D eigenvalue weighted by atomic mass is 16.5. The number of hydrogen-bond acceptors (Lipinski definition) is 5. The van der Waals surface area contributed by atoms with E-state index in [1.54, 1.807) is 31.2 Å². The minimum Gasteiger partial charge on any atom is -0.491 e. The van der Waals surface area contributed by atoms with Gasteiger partial charge in [-0.15, -0.1) is 0 Å². The molecule has 1 atom stereocenters. The third-order valence-electron chi connectivity index (χ3n) is 4.48. The number of aromatic nitrogens is 1. The Bertz CT molecular complexity index is 1010. The molecule has 2 N–H and O–H groups in total. The number of carboxylic acid groups (broad SMARTS) is 1. The monoisotopic (exact) mass is 408 g/mol. The number of ether oxygens (including phenoxy) is 1. The Morgan fingerprint density at radius 3 is 2.37 bits per heavy atom. The summed E-state index contributed by atoms with van der Waals surface area (Å²) in [5, 5.41) is 16.2. The molecule has 0 saturated carbocycles. The molecule has 0 aliphatic heterocycles. The lowest BCUT2D eigenvalue weighted by molar-refractivity contribution is -0.137. The molecule has 0 fully saturated rings. The highest BCUT2D eigenvalue weighted by Gasteiger charge is 2.25. The predicted octanol–water partition coefficient (Wildman–Crippen LogP) is 4.38. The molecule has 0 saturated heterocycles. The Balaban J connectivity index is 1.87. The molecule has 30 heavy (non-hydrogen) atoms. The first-order valence-corrected chi connectivity index (χ1v) is 9.66. The summed E-state index contributed by atoms with van der Waals surface area (Å²) in [6.45, 7) is 5.50. The summed E-state index contributed by atoms with van der Waals surface area (Å²) in [5.74, 6) is -0.425. The lowest BCUT2D eigenvalue weighted by Crippen LogP contribution is -2.30. The standard InChI is InChI=1S/C23H24N2O5/c1-14(2)29-18-11-9-16(10-12-18)19(13-20(26)27)24-23(28)21-15(3)30-25-22(21)17-7-5-4-6-8-17/h4-12,14,19H,13H2,1-3H3,(H,24,28)(H,26,27)/t19-/m0/s1. The van der Waals surface area contributed by atoms with Gasteiger partial charge in [0.15, 0.2) is 0 Å². The van der Waals surface area contributed by atoms with Crippen LogP contribution in [0.5, 0.6) is 5.75 Å². The molecule has 156 valence electrons. The third-order valence-corrected chi connectivity index (χ3v) is 4.48. The predicted molar refractivity (Wildman–Crippen MR) is 111 cm³/mol. The van der Waals surface area contributed by atoms with E-state index in [9.17, 15) is 14.7 Å². The molecule has 0 bridgehead atoms. The van der Waals surface area contributed by atoms with E-state index in [4.69, 9.17) is 9.26 Å². The molecule has 0 aliphatic carbocycles. The smallest absolute Gasteiger partial charge is 0.305 e. The number of aryl methyl sites for hydroxylation is 1. The van der Waals surface area contributed by atoms with Gasteiger partial charge in [0, 0.05) is 5.56 Å². The number of carbonyl (C=O) groups excluding carboxylic acids is 1. The second-order valence-corrected chi connectivity index (χ2v) is 7.19. The van der Waals surface area contributed by atoms with Gasteiger partial charge in [-0.2, -0.15) is 0 Å². The van der Waals surface area contributed by atoms with Gasteiger partial charge in [-0.25, -0.2) is 0 Å². The van der Waals surface area contributed by atoms with Gasteiger partial charge >= 0.3 is 5.97 Å². The fraction of sp³-hybridized carbons (Fsp3) is 0.261. The molecule has 0 spiro atoms. The molecule has 0 radical (unpaired) electrons. The van der Waals surface area contributed by atoms with E-state index in [1.807, 2.05) is 44.2 Å². The minimum absolute atomic E-state index is 0.0262. The molecule has 1 aromatic heterocycles. The lowest BCUT2D eigenvalue weighted by Gasteiger charge is -2.18. The largest absolute Gasteiger partial charge is 0.491 e. The van der Waals surface area contributed by atoms with Crippen molar-refractivity contribution in [1.82, 2.24) is 10.5 Å². The molecule has 7 nitrogen and oxygen atoms in total. The van der Waals surface area contributed by atoms with Gasteiger partial charge < -0.3 is 19.7 Å². The third kappa shape index (κ3) is 5.05. The first-order chi connectivity index (χ1) is 14.3. The van der Waals surface area contributed by atoms with E-state index < -0.39 is 17.9 Å². The SMILES string of the molecule is Cc1onc(-c2ccccc2)c1C(=O)N[C@@H](CC(=O)O)c1ccc(OC(C)C)cc1. The van der Waals surface area contributed by atoms with E-state index in [0.29, 0.717) is 22.8 Å². The van der Waals surface area contributed by atoms with Crippen molar-refractivity contribution >= 4 is 11.9 Å². The zero-order valence-corrected chi connectivity index (χ0v) is 17.1. The maximum absolute atomic E-state index is 13.1. The summed E-state index contributed by atoms with van der Waals surface area (Å²) in [5.41, 5.74) is 2.11. The number of carbonyl (C=O) groups is 2. The van der Waals surface area contributed by atoms with Crippen LogP contribution in [0.1, 0.15) is 48.0 Å². The Labute approximate surface area is 174 Å². The molecule has 2 aromatic carbocycles. The van der Waals surface area contributed by atoms with Crippen LogP contribution in [0.25, 0.3) is 11.3 Å². The van der Waals surface area contributed by atoms with E-state index in [2.05, 4.69) is 10.5 Å². The van der Waals surface area contributed by atoms with Gasteiger partial charge in [-0.1, -0.05) is 47.6 Å². The van der Waals surface area contributed by atoms with Gasteiger partial charge in [0.05, 0.1) is 18.6 Å². The van der Waals surface area contributed by atoms with E-state index >= 15 is 0 Å². The van der Waals surface area contributed by atoms with Crippen LogP contribution in [-0.2, 0) is 4.79 Å². The van der Waals surface area contributed by atoms with Gasteiger partial charge in [-0.05, 0) is 38.5 Å². The van der Waals surface area contributed by atoms with Crippen molar-refractivity contribution in [3.05, 3.63) is 71.5 Å². The van der Waals surface area contributed by atoms with Crippen molar-refractivity contribution in [2.24, 2.45) is 0 Å². The number of carboxylic acids is 1. The zero-order valence-electron chi connectivity index (χ0n) is 17.1. The highest BCUT2D eigenvalue weighted by Crippen LogP contribution is 2.27. The first-order valence-electron chi connectivity index (χ1n) is 9.66. The first kappa shape index (κ1) is 21.1. The molecule has 3 rings (SSSR count). The molecular formula is C23H24N2O5. The summed E-state index contributed by atoms with van der Waals surface area (Å²) < 4.78 is 10.9. The number of benzene rings is 2. The maximum Gasteiger partial charge on any atom is 0.305 e. The van der Waals surface area contributed by atoms with Crippen LogP contribution in [-0.4, -0.2) is 28.2 Å². The zero-order chi connectivity index (χ0) is 21.7. The summed E-state index contributed by atoms with van der Waals surface area (Å²) >= 11 is 0. The fourth-order valence-corrected chi connectivity index (χ4v) is 3.14. The molecule has 1 heterocycles. The topological polar surface area (TPSA) is 102 Å². The molecule has 3 aromatic rings. The van der Waals surface area contributed by atoms with Crippen LogP contribution in [0, 0.1) is 6.92 Å². The fourth-order valence-electron chi connectivity index (χ4n) is 3.14. The van der Waals surface area contributed by atoms with Crippen molar-refractivity contribution in [2.75, 3.05) is 0 Å². The van der Waals surface area contributed by atoms with Crippen molar-refractivity contribution in [1.29, 1.82) is 0 Å². The van der Waals surface area contributed by atoms with Crippen molar-refractivity contribution < 1.29 is 24.0 Å². The van der Waals surface area contributed by atoms with Crippen LogP contribution in [0.3, 0.4) is 0 Å². The highest BCUT2D eigenvalue weighted by molar-refractivity contribution is 6.01. The van der Waals surface area contributed by atoms with Crippen LogP contribution in [0.4, 0.5) is 0 Å². The number of nitrogens with one attached hydrogen (secondary N) is 1. The molecule has 1 amide bonds. The van der Waals surface area contributed by atoms with Gasteiger partial charge in [0.1, 0.15) is 22.8 Å². The molecule has 0 unspecified atom stereocenters. The average molecular weight is 408 g/mol.